The molecule has 0 amide bonds. The van der Waals surface area contributed by atoms with E-state index in [1.807, 2.05) is 12.1 Å². The fourth-order valence-corrected chi connectivity index (χ4v) is 3.35. The summed E-state index contributed by atoms with van der Waals surface area (Å²) in [5.74, 6) is 1.25. The zero-order valence-corrected chi connectivity index (χ0v) is 12.6. The molecule has 0 unspecified atom stereocenters. The van der Waals surface area contributed by atoms with Crippen molar-refractivity contribution in [1.29, 1.82) is 0 Å². The molecule has 2 fully saturated rings. The molecule has 0 bridgehead atoms. The smallest absolute Gasteiger partial charge is 0.0922 e. The lowest BCUT2D eigenvalue weighted by atomic mass is 9.80. The number of hydrogen-bond acceptors (Lipinski definition) is 3. The Bertz CT molecular complexity index is 656. The lowest BCUT2D eigenvalue weighted by molar-refractivity contribution is 0.189. The van der Waals surface area contributed by atoms with Crippen molar-refractivity contribution in [3.63, 3.8) is 0 Å². The first-order chi connectivity index (χ1) is 10.3. The molecule has 2 N–H and O–H groups in total. The summed E-state index contributed by atoms with van der Waals surface area (Å²) >= 11 is 6.32. The molecule has 21 heavy (non-hydrogen) atoms. The normalized spacial score (nSPS) is 24.9. The Labute approximate surface area is 129 Å². The van der Waals surface area contributed by atoms with Crippen molar-refractivity contribution in [3.05, 3.63) is 35.2 Å². The summed E-state index contributed by atoms with van der Waals surface area (Å²) in [6.45, 7) is 0.784. The van der Waals surface area contributed by atoms with Gasteiger partial charge in [0.05, 0.1) is 22.5 Å². The average Bonchev–Trinajstić information content (AvgIpc) is 3.19. The highest BCUT2D eigenvalue weighted by molar-refractivity contribution is 6.33. The topological polar surface area (TPSA) is 56.7 Å². The van der Waals surface area contributed by atoms with Crippen molar-refractivity contribution in [2.24, 2.45) is 11.7 Å². The Morgan fingerprint density at radius 1 is 1.33 bits per heavy atom. The van der Waals surface area contributed by atoms with Gasteiger partial charge in [-0.1, -0.05) is 11.6 Å². The SMILES string of the molecule is NCC1CC(n2cc(-c3ncccc3Cl)c(C3CC3)n2)C1. The molecule has 110 valence electrons. The van der Waals surface area contributed by atoms with Crippen LogP contribution < -0.4 is 5.73 Å². The molecule has 2 aliphatic rings. The molecule has 5 heteroatoms. The highest BCUT2D eigenvalue weighted by Crippen LogP contribution is 2.46. The van der Waals surface area contributed by atoms with Crippen LogP contribution in [-0.4, -0.2) is 21.3 Å². The Balaban J connectivity index is 1.70. The van der Waals surface area contributed by atoms with Crippen molar-refractivity contribution >= 4 is 11.6 Å². The first kappa shape index (κ1) is 13.3. The van der Waals surface area contributed by atoms with Crippen LogP contribution in [0.25, 0.3) is 11.3 Å². The summed E-state index contributed by atoms with van der Waals surface area (Å²) in [6.07, 6.45) is 8.66. The minimum Gasteiger partial charge on any atom is -0.330 e. The summed E-state index contributed by atoms with van der Waals surface area (Å²) in [7, 11) is 0. The van der Waals surface area contributed by atoms with Crippen LogP contribution in [0.2, 0.25) is 5.02 Å². The number of halogens is 1. The van der Waals surface area contributed by atoms with Gasteiger partial charge in [0, 0.05) is 23.9 Å². The van der Waals surface area contributed by atoms with Crippen molar-refractivity contribution < 1.29 is 0 Å². The van der Waals surface area contributed by atoms with Gasteiger partial charge in [-0.05, 0) is 50.3 Å². The molecule has 2 aromatic heterocycles. The maximum Gasteiger partial charge on any atom is 0.0922 e. The van der Waals surface area contributed by atoms with E-state index < -0.39 is 0 Å². The van der Waals surface area contributed by atoms with Gasteiger partial charge in [-0.2, -0.15) is 5.10 Å². The van der Waals surface area contributed by atoms with Crippen LogP contribution in [0.3, 0.4) is 0 Å². The van der Waals surface area contributed by atoms with E-state index in [0.717, 1.165) is 30.6 Å². The number of hydrogen-bond donors (Lipinski definition) is 1. The van der Waals surface area contributed by atoms with E-state index in [1.54, 1.807) is 6.20 Å². The number of pyridine rings is 1. The van der Waals surface area contributed by atoms with Crippen molar-refractivity contribution in [2.45, 2.75) is 37.6 Å². The Morgan fingerprint density at radius 2 is 2.14 bits per heavy atom. The summed E-state index contributed by atoms with van der Waals surface area (Å²) in [5.41, 5.74) is 8.87. The highest BCUT2D eigenvalue weighted by atomic mass is 35.5. The first-order valence-corrected chi connectivity index (χ1v) is 8.04. The van der Waals surface area contributed by atoms with Gasteiger partial charge >= 0.3 is 0 Å². The highest BCUT2D eigenvalue weighted by Gasteiger charge is 2.34. The summed E-state index contributed by atoms with van der Waals surface area (Å²) in [5, 5.41) is 5.56. The summed E-state index contributed by atoms with van der Waals surface area (Å²) in [6, 6.07) is 4.25. The Kier molecular flexibility index (Phi) is 3.23. The molecule has 2 aromatic rings. The van der Waals surface area contributed by atoms with Crippen LogP contribution in [0.4, 0.5) is 0 Å². The van der Waals surface area contributed by atoms with Gasteiger partial charge in [0.2, 0.25) is 0 Å². The minimum atomic E-state index is 0.493. The molecule has 0 radical (unpaired) electrons. The molecule has 2 heterocycles. The van der Waals surface area contributed by atoms with Gasteiger partial charge < -0.3 is 5.73 Å². The maximum atomic E-state index is 6.32. The second-order valence-electron chi connectivity index (χ2n) is 6.24. The van der Waals surface area contributed by atoms with E-state index in [2.05, 4.69) is 15.9 Å². The van der Waals surface area contributed by atoms with Gasteiger partial charge in [0.15, 0.2) is 0 Å². The quantitative estimate of drug-likeness (QED) is 0.942. The third kappa shape index (κ3) is 2.36. The molecule has 2 aliphatic carbocycles. The maximum absolute atomic E-state index is 6.32. The molecule has 0 aliphatic heterocycles. The van der Waals surface area contributed by atoms with E-state index in [0.29, 0.717) is 22.9 Å². The van der Waals surface area contributed by atoms with Crippen molar-refractivity contribution in [3.8, 4) is 11.3 Å². The van der Waals surface area contributed by atoms with E-state index in [4.69, 9.17) is 22.4 Å². The average molecular weight is 303 g/mol. The zero-order valence-electron chi connectivity index (χ0n) is 11.9. The number of nitrogens with zero attached hydrogens (tertiary/aromatic N) is 3. The molecule has 4 nitrogen and oxygen atoms in total. The van der Waals surface area contributed by atoms with Crippen LogP contribution in [0.15, 0.2) is 24.5 Å². The molecule has 2 saturated carbocycles. The molecular weight excluding hydrogens is 284 g/mol. The van der Waals surface area contributed by atoms with Crippen LogP contribution in [0.5, 0.6) is 0 Å². The minimum absolute atomic E-state index is 0.493. The number of nitrogens with two attached hydrogens (primary N) is 1. The van der Waals surface area contributed by atoms with Gasteiger partial charge in [-0.15, -0.1) is 0 Å². The number of aromatic nitrogens is 3. The molecule has 0 saturated heterocycles. The lowest BCUT2D eigenvalue weighted by Crippen LogP contribution is -2.32. The Hall–Kier alpha value is -1.39. The third-order valence-corrected chi connectivity index (χ3v) is 4.96. The largest absolute Gasteiger partial charge is 0.330 e. The van der Waals surface area contributed by atoms with Crippen molar-refractivity contribution in [2.75, 3.05) is 6.54 Å². The number of rotatable bonds is 4. The second kappa shape index (κ2) is 5.11. The van der Waals surface area contributed by atoms with Crippen LogP contribution in [-0.2, 0) is 0 Å². The monoisotopic (exact) mass is 302 g/mol. The van der Waals surface area contributed by atoms with Crippen LogP contribution >= 0.6 is 11.6 Å². The lowest BCUT2D eigenvalue weighted by Gasteiger charge is -2.34. The molecule has 0 aromatic carbocycles. The predicted octanol–water partition coefficient (Wildman–Crippen LogP) is 3.39. The molecular formula is C16H19ClN4. The summed E-state index contributed by atoms with van der Waals surface area (Å²) < 4.78 is 2.13. The van der Waals surface area contributed by atoms with E-state index in [-0.39, 0.29) is 0 Å². The fraction of sp³-hybridized carbons (Fsp3) is 0.500. The van der Waals surface area contributed by atoms with E-state index in [1.165, 1.54) is 18.5 Å². The van der Waals surface area contributed by atoms with E-state index >= 15 is 0 Å². The third-order valence-electron chi connectivity index (χ3n) is 4.66. The summed E-state index contributed by atoms with van der Waals surface area (Å²) in [4.78, 5) is 4.46. The first-order valence-electron chi connectivity index (χ1n) is 7.66. The molecule has 0 spiro atoms. The van der Waals surface area contributed by atoms with Gasteiger partial charge in [-0.25, -0.2) is 0 Å². The van der Waals surface area contributed by atoms with Gasteiger partial charge in [-0.3, -0.25) is 9.67 Å². The standard InChI is InChI=1S/C16H19ClN4/c17-14-2-1-5-19-16(14)13-9-21(12-6-10(7-12)8-18)20-15(13)11-3-4-11/h1-2,5,9-12H,3-4,6-8,18H2. The van der Waals surface area contributed by atoms with Crippen molar-refractivity contribution in [1.82, 2.24) is 14.8 Å². The zero-order chi connectivity index (χ0) is 14.4. The molecule has 0 atom stereocenters. The predicted molar refractivity (Wildman–Crippen MR) is 83.3 cm³/mol. The van der Waals surface area contributed by atoms with Crippen LogP contribution in [0, 0.1) is 5.92 Å². The van der Waals surface area contributed by atoms with Gasteiger partial charge in [0.25, 0.3) is 0 Å². The molecule has 4 rings (SSSR count). The fourth-order valence-electron chi connectivity index (χ4n) is 3.13. The second-order valence-corrected chi connectivity index (χ2v) is 6.65. The van der Waals surface area contributed by atoms with Gasteiger partial charge in [0.1, 0.15) is 0 Å². The van der Waals surface area contributed by atoms with Crippen LogP contribution in [0.1, 0.15) is 43.3 Å². The Morgan fingerprint density at radius 3 is 2.81 bits per heavy atom. The van der Waals surface area contributed by atoms with E-state index in [9.17, 15) is 0 Å².